The molecule has 12 heterocycles. The number of carbonyl (C=O) groups excluding carboxylic acids is 8. The number of primary amides is 4. The second-order valence-corrected chi connectivity index (χ2v) is 29.9. The first kappa shape index (κ1) is 93.3. The van der Waals surface area contributed by atoms with E-state index in [1.165, 1.54) is 0 Å². The van der Waals surface area contributed by atoms with Gasteiger partial charge in [-0.05, 0) is 154 Å². The van der Waals surface area contributed by atoms with Crippen LogP contribution in [0.5, 0.6) is 0 Å². The number of aromatic nitrogens is 16. The number of aryl methyl sites for hydroxylation is 8. The van der Waals surface area contributed by atoms with Gasteiger partial charge in [-0.2, -0.15) is 74.4 Å². The van der Waals surface area contributed by atoms with Gasteiger partial charge in [0.05, 0.1) is 114 Å². The van der Waals surface area contributed by atoms with Crippen molar-refractivity contribution < 1.29 is 38.4 Å². The second kappa shape index (κ2) is 37.2. The number of hydrogen-bond donors (Lipinski definition) is 8. The predicted octanol–water partition coefficient (Wildman–Crippen LogP) is 10.0. The van der Waals surface area contributed by atoms with Crippen molar-refractivity contribution in [3.8, 4) is 0 Å². The monoisotopic (exact) mass is 1740 g/mol. The van der Waals surface area contributed by atoms with E-state index in [4.69, 9.17) is 42.9 Å². The molecule has 0 saturated carbocycles. The molecule has 8 amide bonds. The van der Waals surface area contributed by atoms with Gasteiger partial charge < -0.3 is 60.8 Å². The Morgan fingerprint density at radius 1 is 0.336 bits per heavy atom. The first-order valence-electron chi connectivity index (χ1n) is 38.5. The van der Waals surface area contributed by atoms with Gasteiger partial charge in [-0.25, -0.2) is 19.9 Å². The highest BCUT2D eigenvalue weighted by molar-refractivity contribution is 7.59. The molecule has 36 nitrogen and oxygen atoms in total. The third kappa shape index (κ3) is 17.3. The van der Waals surface area contributed by atoms with Crippen molar-refractivity contribution in [1.82, 2.24) is 77.3 Å². The van der Waals surface area contributed by atoms with E-state index in [2.05, 4.69) is 85.6 Å². The van der Waals surface area contributed by atoms with E-state index >= 15 is 0 Å². The summed E-state index contributed by atoms with van der Waals surface area (Å²) >= 11 is 0. The Morgan fingerprint density at radius 3 is 0.697 bits per heavy atom. The Balaban J connectivity index is 0.000000264. The van der Waals surface area contributed by atoms with E-state index in [1.54, 1.807) is 91.5 Å². The normalized spacial score (nSPS) is 15.4. The van der Waals surface area contributed by atoms with Crippen LogP contribution in [0.1, 0.15) is 199 Å². The number of nitrogens with zero attached hydrogens (tertiary/aromatic N) is 20. The minimum atomic E-state index is -0.566. The summed E-state index contributed by atoms with van der Waals surface area (Å²) < 4.78 is 14.7. The highest BCUT2D eigenvalue weighted by atomic mass is 32.1. The molecule has 40 heteroatoms. The van der Waals surface area contributed by atoms with Gasteiger partial charge in [0, 0.05) is 103 Å². The molecule has 648 valence electrons. The molecular formula is C82H108N28O8S4. The number of benzene rings is 4. The number of anilines is 8. The summed E-state index contributed by atoms with van der Waals surface area (Å²) in [5, 5.41) is 29.9. The molecule has 0 bridgehead atoms. The second-order valence-electron chi connectivity index (χ2n) is 29.9. The lowest BCUT2D eigenvalue weighted by atomic mass is 10.0. The number of likely N-dealkylation sites (N-methyl/N-ethyl adjacent to an activating group) is 4. The zero-order valence-electron chi connectivity index (χ0n) is 68.6. The maximum Gasteiger partial charge on any atom is 0.276 e. The van der Waals surface area contributed by atoms with E-state index in [1.807, 2.05) is 102 Å². The molecule has 4 aliphatic rings. The minimum absolute atomic E-state index is 0. The molecule has 4 aromatic carbocycles. The van der Waals surface area contributed by atoms with Crippen LogP contribution in [0.2, 0.25) is 0 Å². The zero-order chi connectivity index (χ0) is 82.3. The number of imidazole rings is 4. The summed E-state index contributed by atoms with van der Waals surface area (Å²) in [4.78, 5) is 132. The van der Waals surface area contributed by atoms with Crippen molar-refractivity contribution in [2.24, 2.45) is 22.9 Å². The van der Waals surface area contributed by atoms with Crippen molar-refractivity contribution >= 4 is 192 Å². The van der Waals surface area contributed by atoms with Crippen molar-refractivity contribution in [2.75, 3.05) is 95.2 Å². The Bertz CT molecular complexity index is 5420. The van der Waals surface area contributed by atoms with Gasteiger partial charge in [0.1, 0.15) is 22.8 Å². The molecule has 16 rings (SSSR count). The maximum atomic E-state index is 13.7. The predicted molar refractivity (Wildman–Crippen MR) is 496 cm³/mol. The van der Waals surface area contributed by atoms with Gasteiger partial charge in [-0.15, -0.1) is 0 Å². The van der Waals surface area contributed by atoms with Crippen molar-refractivity contribution in [3.63, 3.8) is 0 Å². The topological polar surface area (TPSA) is 444 Å². The molecule has 0 spiro atoms. The highest BCUT2D eigenvalue weighted by Crippen LogP contribution is 2.45. The molecule has 4 atom stereocenters. The lowest BCUT2D eigenvalue weighted by Crippen LogP contribution is -2.33. The minimum Gasteiger partial charge on any atom is -0.371 e. The fourth-order valence-electron chi connectivity index (χ4n) is 16.6. The van der Waals surface area contributed by atoms with Gasteiger partial charge in [0.2, 0.25) is 47.4 Å². The summed E-state index contributed by atoms with van der Waals surface area (Å²) in [7, 11) is 7.84. The zero-order valence-corrected chi connectivity index (χ0v) is 72.6. The molecule has 0 aliphatic carbocycles. The van der Waals surface area contributed by atoms with Gasteiger partial charge >= 0.3 is 0 Å². The van der Waals surface area contributed by atoms with Crippen LogP contribution >= 0.6 is 54.0 Å². The average Bonchev–Trinajstić information content (AvgIpc) is 1.56. The average molecular weight is 1740 g/mol. The highest BCUT2D eigenvalue weighted by Gasteiger charge is 2.37. The lowest BCUT2D eigenvalue weighted by Gasteiger charge is -2.34. The quantitative estimate of drug-likeness (QED) is 0.0261. The van der Waals surface area contributed by atoms with E-state index < -0.39 is 23.6 Å². The SMILES string of the molecule is C.C.CCn1nc(C)cc1C(=O)Nc1nc2cc(C(N)=O)cc3c2n1[C@@H](C/C=C/C[C@H]1CN(C)c2cc(C(N)=O)cc4nc(NC(=O)c5cc(C)nn5CC)n1c24)CN3C.CCn1nc(C)cc1C(=O)Nc1nc2cc(C(N)=O)cc3c2n1[C@@H](C/C=C\C[C@H]1CN(C)c2cc(C(N)=O)cc4nc(NC(=O)c5cc(C)nn5CC)n1c24)CN3C.S.S.S.S. The number of nitrogens with one attached hydrogen (secondary N) is 4. The van der Waals surface area contributed by atoms with Gasteiger partial charge in [-0.3, -0.25) is 78.4 Å². The molecule has 12 aromatic rings. The molecule has 4 aliphatic heterocycles. The van der Waals surface area contributed by atoms with Crippen LogP contribution < -0.4 is 63.8 Å². The Hall–Kier alpha value is -12.6. The summed E-state index contributed by atoms with van der Waals surface area (Å²) in [6, 6.07) is 20.1. The largest absolute Gasteiger partial charge is 0.371 e. The lowest BCUT2D eigenvalue weighted by molar-refractivity contribution is 0.0992. The first-order chi connectivity index (χ1) is 55.5. The Kier molecular flexibility index (Phi) is 28.5. The molecule has 0 unspecified atom stereocenters. The van der Waals surface area contributed by atoms with Crippen LogP contribution in [0.25, 0.3) is 44.1 Å². The van der Waals surface area contributed by atoms with Crippen LogP contribution in [0.3, 0.4) is 0 Å². The van der Waals surface area contributed by atoms with E-state index in [0.717, 1.165) is 67.6 Å². The third-order valence-corrected chi connectivity index (χ3v) is 21.8. The molecular weight excluding hydrogens is 1630 g/mol. The van der Waals surface area contributed by atoms with Crippen LogP contribution in [-0.2, 0) is 26.2 Å². The molecule has 12 N–H and O–H groups in total. The van der Waals surface area contributed by atoms with Gasteiger partial charge in [-0.1, -0.05) is 39.2 Å². The summed E-state index contributed by atoms with van der Waals surface area (Å²) in [6.45, 7) is 19.4. The fraction of sp³-hybridized carbons (Fsp3) is 0.366. The van der Waals surface area contributed by atoms with E-state index in [-0.39, 0.29) is 117 Å². The van der Waals surface area contributed by atoms with Crippen LogP contribution in [0.15, 0.2) is 97.1 Å². The standard InChI is InChI=1S/2C40H46N14O4.2CH4.4H2S/c2*1-7-51-31(13-21(3)47-51)37(57)45-39-43-27-15-23(35(41)55)17-29-33(27)53(39)25(19-49(29)5)11-9-10-12-26-20-50(6)30-18-24(36(42)56)16-28-34(30)54(26)40(44-28)46-38(58)32-14-22(4)48-52(32)8-2;;;;;;/h2*9-10,13-18,25-26H,7-8,11-12,19-20H2,1-6H3,(H2,41,55)(H2,42,56)(H,43,45,57)(H,44,46,58);2*1H4;4*1H2/b10-9+;10-9-;;;;;;/t2*25-,26-;;;;;;/m00....../s1. The van der Waals surface area contributed by atoms with Crippen molar-refractivity contribution in [3.05, 3.63) is 165 Å². The summed E-state index contributed by atoms with van der Waals surface area (Å²) in [5.41, 5.74) is 37.2. The maximum absolute atomic E-state index is 13.7. The van der Waals surface area contributed by atoms with Crippen LogP contribution in [0.4, 0.5) is 46.5 Å². The summed E-state index contributed by atoms with van der Waals surface area (Å²) in [5.74, 6) is -2.19. The Morgan fingerprint density at radius 2 is 0.525 bits per heavy atom. The van der Waals surface area contributed by atoms with Gasteiger partial charge in [0.15, 0.2) is 0 Å². The Labute approximate surface area is 732 Å². The fourth-order valence-corrected chi connectivity index (χ4v) is 16.6. The number of rotatable bonds is 24. The van der Waals surface area contributed by atoms with Crippen LogP contribution in [-0.4, -0.2) is 179 Å². The summed E-state index contributed by atoms with van der Waals surface area (Å²) in [6.07, 6.45) is 10.8. The van der Waals surface area contributed by atoms with Gasteiger partial charge in [0.25, 0.3) is 23.6 Å². The van der Waals surface area contributed by atoms with E-state index in [0.29, 0.717) is 169 Å². The third-order valence-electron chi connectivity index (χ3n) is 21.8. The number of hydrogen-bond acceptors (Lipinski definition) is 20. The number of amides is 8. The van der Waals surface area contributed by atoms with Crippen LogP contribution in [0, 0.1) is 27.7 Å². The van der Waals surface area contributed by atoms with E-state index in [9.17, 15) is 38.4 Å². The molecule has 0 radical (unpaired) electrons. The molecule has 0 fully saturated rings. The number of nitrogens with two attached hydrogens (primary N) is 4. The number of allylic oxidation sites excluding steroid dienone is 4. The molecule has 0 saturated heterocycles. The van der Waals surface area contributed by atoms with Crippen molar-refractivity contribution in [2.45, 2.75) is 146 Å². The molecule has 122 heavy (non-hydrogen) atoms. The van der Waals surface area contributed by atoms with Crippen molar-refractivity contribution in [1.29, 1.82) is 0 Å². The molecule has 8 aromatic heterocycles. The smallest absolute Gasteiger partial charge is 0.276 e. The first-order valence-corrected chi connectivity index (χ1v) is 38.5. The number of carbonyl (C=O) groups is 8.